The van der Waals surface area contributed by atoms with Gasteiger partial charge in [0.1, 0.15) is 6.04 Å². The van der Waals surface area contributed by atoms with Crippen LogP contribution in [-0.2, 0) is 20.9 Å². The van der Waals surface area contributed by atoms with E-state index in [0.29, 0.717) is 61.7 Å². The van der Waals surface area contributed by atoms with Gasteiger partial charge in [-0.15, -0.1) is 0 Å². The third kappa shape index (κ3) is 5.32. The van der Waals surface area contributed by atoms with Crippen LogP contribution < -0.4 is 20.3 Å². The van der Waals surface area contributed by atoms with Crippen LogP contribution >= 0.6 is 0 Å². The number of carbonyl (C=O) groups excluding carboxylic acids is 2. The van der Waals surface area contributed by atoms with Crippen molar-refractivity contribution >= 4 is 22.7 Å². The number of benzene rings is 1. The highest BCUT2D eigenvalue weighted by atomic mass is 16.5. The van der Waals surface area contributed by atoms with Gasteiger partial charge in [-0.1, -0.05) is 0 Å². The Morgan fingerprint density at radius 1 is 1.19 bits per heavy atom. The summed E-state index contributed by atoms with van der Waals surface area (Å²) in [6, 6.07) is 2.66. The summed E-state index contributed by atoms with van der Waals surface area (Å²) in [5, 5.41) is 3.14. The number of carbonyl (C=O) groups is 2. The summed E-state index contributed by atoms with van der Waals surface area (Å²) in [6.45, 7) is 4.10. The lowest BCUT2D eigenvalue weighted by molar-refractivity contribution is -0.139. The van der Waals surface area contributed by atoms with Crippen molar-refractivity contribution in [1.29, 1.82) is 0 Å². The second-order valence-electron chi connectivity index (χ2n) is 7.30. The molecular formula is C21H28N4O6. The lowest BCUT2D eigenvalue weighted by Crippen LogP contribution is -2.50. The SMILES string of the molecule is COc1cc2ncn(CCCC(=O)N[C@H](C)C(=O)N3CCOCC3)c(=O)c2cc1OC. The standard InChI is InChI=1S/C21H28N4O6/c1-14(20(27)24-7-9-31-10-8-24)23-19(26)5-4-6-25-13-22-16-12-18(30-3)17(29-2)11-15(16)21(25)28/h11-14H,4-10H2,1-3H3,(H,23,26)/t14-/m1/s1. The molecule has 0 saturated carbocycles. The lowest BCUT2D eigenvalue weighted by atomic mass is 10.2. The minimum absolute atomic E-state index is 0.115. The predicted molar refractivity (Wildman–Crippen MR) is 113 cm³/mol. The molecule has 1 aromatic carbocycles. The van der Waals surface area contributed by atoms with Gasteiger partial charge in [-0.05, 0) is 19.4 Å². The molecule has 1 aromatic heterocycles. The Balaban J connectivity index is 1.57. The van der Waals surface area contributed by atoms with E-state index < -0.39 is 6.04 Å². The fraction of sp³-hybridized carbons (Fsp3) is 0.524. The van der Waals surface area contributed by atoms with E-state index in [1.807, 2.05) is 0 Å². The number of aryl methyl sites for hydroxylation is 1. The third-order valence-electron chi connectivity index (χ3n) is 5.20. The van der Waals surface area contributed by atoms with Gasteiger partial charge in [-0.25, -0.2) is 4.98 Å². The minimum Gasteiger partial charge on any atom is -0.493 e. The summed E-state index contributed by atoms with van der Waals surface area (Å²) in [5.74, 6) is 0.598. The summed E-state index contributed by atoms with van der Waals surface area (Å²) in [6.07, 6.45) is 2.08. The van der Waals surface area contributed by atoms with Gasteiger partial charge in [0.05, 0.1) is 44.7 Å². The van der Waals surface area contributed by atoms with E-state index in [1.165, 1.54) is 25.1 Å². The van der Waals surface area contributed by atoms with Crippen LogP contribution in [0.1, 0.15) is 19.8 Å². The highest BCUT2D eigenvalue weighted by Crippen LogP contribution is 2.29. The maximum atomic E-state index is 12.8. The molecule has 168 valence electrons. The summed E-state index contributed by atoms with van der Waals surface area (Å²) in [4.78, 5) is 43.4. The third-order valence-corrected chi connectivity index (χ3v) is 5.20. The molecule has 2 amide bonds. The van der Waals surface area contributed by atoms with Crippen LogP contribution in [0.15, 0.2) is 23.3 Å². The van der Waals surface area contributed by atoms with Gasteiger partial charge in [-0.2, -0.15) is 0 Å². The van der Waals surface area contributed by atoms with Gasteiger partial charge in [0.15, 0.2) is 11.5 Å². The van der Waals surface area contributed by atoms with Crippen molar-refractivity contribution in [2.45, 2.75) is 32.4 Å². The molecular weight excluding hydrogens is 404 g/mol. The normalized spacial score (nSPS) is 14.9. The van der Waals surface area contributed by atoms with Crippen molar-refractivity contribution < 1.29 is 23.8 Å². The molecule has 0 aliphatic carbocycles. The van der Waals surface area contributed by atoms with E-state index in [4.69, 9.17) is 14.2 Å². The molecule has 2 aromatic rings. The molecule has 2 heterocycles. The van der Waals surface area contributed by atoms with Crippen molar-refractivity contribution in [2.24, 2.45) is 0 Å². The van der Waals surface area contributed by atoms with E-state index in [0.717, 1.165) is 0 Å². The Morgan fingerprint density at radius 3 is 2.55 bits per heavy atom. The van der Waals surface area contributed by atoms with E-state index in [1.54, 1.807) is 24.0 Å². The second kappa shape index (κ2) is 10.3. The number of aromatic nitrogens is 2. The fourth-order valence-electron chi connectivity index (χ4n) is 3.49. The average molecular weight is 432 g/mol. The molecule has 3 rings (SSSR count). The fourth-order valence-corrected chi connectivity index (χ4v) is 3.49. The molecule has 0 radical (unpaired) electrons. The van der Waals surface area contributed by atoms with E-state index in [9.17, 15) is 14.4 Å². The summed E-state index contributed by atoms with van der Waals surface area (Å²) in [5.41, 5.74) is 0.286. The molecule has 10 nitrogen and oxygen atoms in total. The van der Waals surface area contributed by atoms with Gasteiger partial charge in [0.25, 0.3) is 5.56 Å². The number of nitrogens with one attached hydrogen (secondary N) is 1. The number of fused-ring (bicyclic) bond motifs is 1. The minimum atomic E-state index is -0.599. The Kier molecular flexibility index (Phi) is 7.45. The molecule has 1 fully saturated rings. The van der Waals surface area contributed by atoms with Crippen LogP contribution in [-0.4, -0.2) is 72.8 Å². The van der Waals surface area contributed by atoms with E-state index in [-0.39, 0.29) is 23.8 Å². The molecule has 1 N–H and O–H groups in total. The molecule has 1 saturated heterocycles. The van der Waals surface area contributed by atoms with Crippen LogP contribution in [0.5, 0.6) is 11.5 Å². The number of nitrogens with zero attached hydrogens (tertiary/aromatic N) is 3. The van der Waals surface area contributed by atoms with Crippen molar-refractivity contribution in [3.8, 4) is 11.5 Å². The topological polar surface area (TPSA) is 112 Å². The van der Waals surface area contributed by atoms with Crippen LogP contribution in [0.3, 0.4) is 0 Å². The molecule has 1 aliphatic rings. The van der Waals surface area contributed by atoms with Crippen LogP contribution in [0, 0.1) is 0 Å². The van der Waals surface area contributed by atoms with Gasteiger partial charge in [0.2, 0.25) is 11.8 Å². The first-order chi connectivity index (χ1) is 14.9. The van der Waals surface area contributed by atoms with Gasteiger partial charge in [-0.3, -0.25) is 19.0 Å². The molecule has 0 unspecified atom stereocenters. The predicted octanol–water partition coefficient (Wildman–Crippen LogP) is 0.557. The van der Waals surface area contributed by atoms with Crippen molar-refractivity contribution in [3.05, 3.63) is 28.8 Å². The molecule has 31 heavy (non-hydrogen) atoms. The molecule has 0 spiro atoms. The van der Waals surface area contributed by atoms with Gasteiger partial charge < -0.3 is 24.4 Å². The maximum absolute atomic E-state index is 12.8. The van der Waals surface area contributed by atoms with Crippen LogP contribution in [0.25, 0.3) is 10.9 Å². The number of hydrogen-bond donors (Lipinski definition) is 1. The highest BCUT2D eigenvalue weighted by molar-refractivity contribution is 5.87. The number of methoxy groups -OCH3 is 2. The summed E-state index contributed by atoms with van der Waals surface area (Å²) in [7, 11) is 3.02. The second-order valence-corrected chi connectivity index (χ2v) is 7.30. The van der Waals surface area contributed by atoms with Gasteiger partial charge >= 0.3 is 0 Å². The number of amides is 2. The van der Waals surface area contributed by atoms with E-state index in [2.05, 4.69) is 10.3 Å². The summed E-state index contributed by atoms with van der Waals surface area (Å²) < 4.78 is 17.2. The van der Waals surface area contributed by atoms with Crippen LogP contribution in [0.2, 0.25) is 0 Å². The Morgan fingerprint density at radius 2 is 1.87 bits per heavy atom. The summed E-state index contributed by atoms with van der Waals surface area (Å²) >= 11 is 0. The Labute approximate surface area is 180 Å². The average Bonchev–Trinajstić information content (AvgIpc) is 2.79. The van der Waals surface area contributed by atoms with Crippen molar-refractivity contribution in [3.63, 3.8) is 0 Å². The quantitative estimate of drug-likeness (QED) is 0.649. The first-order valence-corrected chi connectivity index (χ1v) is 10.2. The number of hydrogen-bond acceptors (Lipinski definition) is 7. The smallest absolute Gasteiger partial charge is 0.261 e. The Bertz CT molecular complexity index is 999. The zero-order valence-corrected chi connectivity index (χ0v) is 18.1. The monoisotopic (exact) mass is 432 g/mol. The first-order valence-electron chi connectivity index (χ1n) is 10.2. The first kappa shape index (κ1) is 22.5. The van der Waals surface area contributed by atoms with E-state index >= 15 is 0 Å². The zero-order chi connectivity index (χ0) is 22.4. The number of ether oxygens (including phenoxy) is 3. The maximum Gasteiger partial charge on any atom is 0.261 e. The largest absolute Gasteiger partial charge is 0.493 e. The van der Waals surface area contributed by atoms with Crippen molar-refractivity contribution in [2.75, 3.05) is 40.5 Å². The molecule has 10 heteroatoms. The number of morpholine rings is 1. The van der Waals surface area contributed by atoms with Crippen LogP contribution in [0.4, 0.5) is 0 Å². The lowest BCUT2D eigenvalue weighted by Gasteiger charge is -2.29. The molecule has 1 aliphatic heterocycles. The van der Waals surface area contributed by atoms with Gasteiger partial charge in [0, 0.05) is 32.1 Å². The molecule has 1 atom stereocenters. The molecule has 0 bridgehead atoms. The van der Waals surface area contributed by atoms with Crippen molar-refractivity contribution in [1.82, 2.24) is 19.8 Å². The zero-order valence-electron chi connectivity index (χ0n) is 18.1. The Hall–Kier alpha value is -3.14. The highest BCUT2D eigenvalue weighted by Gasteiger charge is 2.23. The number of rotatable bonds is 8.